The summed E-state index contributed by atoms with van der Waals surface area (Å²) in [4.78, 5) is 40.1. The van der Waals surface area contributed by atoms with Crippen LogP contribution in [-0.2, 0) is 9.59 Å². The van der Waals surface area contributed by atoms with E-state index in [2.05, 4.69) is 10.6 Å². The largest absolute Gasteiger partial charge is 0.459 e. The summed E-state index contributed by atoms with van der Waals surface area (Å²) >= 11 is 6.10. The molecule has 1 aromatic heterocycles. The fourth-order valence-electron chi connectivity index (χ4n) is 4.22. The number of rotatable bonds is 7. The van der Waals surface area contributed by atoms with Crippen molar-refractivity contribution in [2.45, 2.75) is 44.7 Å². The third-order valence-electron chi connectivity index (χ3n) is 5.81. The third-order valence-corrected chi connectivity index (χ3v) is 6.06. The highest BCUT2D eigenvalue weighted by Crippen LogP contribution is 2.32. The lowest BCUT2D eigenvalue weighted by Gasteiger charge is -2.32. The molecule has 1 heterocycles. The van der Waals surface area contributed by atoms with Crippen molar-refractivity contribution in [3.8, 4) is 0 Å². The molecule has 3 amide bonds. The molecule has 1 fully saturated rings. The van der Waals surface area contributed by atoms with Gasteiger partial charge in [0, 0.05) is 29.4 Å². The van der Waals surface area contributed by atoms with E-state index in [4.69, 9.17) is 16.0 Å². The van der Waals surface area contributed by atoms with E-state index in [9.17, 15) is 14.4 Å². The zero-order valence-electron chi connectivity index (χ0n) is 18.8. The molecule has 0 spiro atoms. The molecule has 0 bridgehead atoms. The quantitative estimate of drug-likeness (QED) is 0.478. The molecule has 2 N–H and O–H groups in total. The van der Waals surface area contributed by atoms with Gasteiger partial charge in [-0.3, -0.25) is 19.3 Å². The van der Waals surface area contributed by atoms with E-state index in [0.29, 0.717) is 22.0 Å². The molecule has 0 unspecified atom stereocenters. The summed E-state index contributed by atoms with van der Waals surface area (Å²) in [5.41, 5.74) is 1.68. The van der Waals surface area contributed by atoms with Crippen LogP contribution in [0.2, 0.25) is 5.02 Å². The molecule has 34 heavy (non-hydrogen) atoms. The molecule has 1 atom stereocenters. The van der Waals surface area contributed by atoms with Crippen molar-refractivity contribution >= 4 is 40.7 Å². The number of nitrogens with zero attached hydrogens (tertiary/aromatic N) is 1. The standard InChI is InChI=1S/C26H26ClN3O4/c1-17(31)28-21-12-14-22(15-13-21)30(26(33)23-7-4-16-34-23)24(18-8-10-19(27)11-9-18)25(32)29-20-5-2-3-6-20/h4,7-16,20,24H,2-3,5-6H2,1H3,(H,28,31)(H,29,32)/t24-/m1/s1. The van der Waals surface area contributed by atoms with Crippen molar-refractivity contribution in [2.24, 2.45) is 0 Å². The lowest BCUT2D eigenvalue weighted by atomic mass is 10.0. The first-order valence-electron chi connectivity index (χ1n) is 11.2. The second-order valence-electron chi connectivity index (χ2n) is 8.32. The molecule has 0 saturated heterocycles. The van der Waals surface area contributed by atoms with Gasteiger partial charge in [-0.15, -0.1) is 0 Å². The van der Waals surface area contributed by atoms with E-state index < -0.39 is 11.9 Å². The normalized spacial score (nSPS) is 14.4. The monoisotopic (exact) mass is 479 g/mol. The van der Waals surface area contributed by atoms with Crippen molar-refractivity contribution in [3.05, 3.63) is 83.3 Å². The molecule has 8 heteroatoms. The number of benzene rings is 2. The minimum atomic E-state index is -0.956. The predicted molar refractivity (Wildman–Crippen MR) is 131 cm³/mol. The Labute approximate surface area is 203 Å². The number of furan rings is 1. The summed E-state index contributed by atoms with van der Waals surface area (Å²) in [5, 5.41) is 6.37. The Morgan fingerprint density at radius 3 is 2.26 bits per heavy atom. The van der Waals surface area contributed by atoms with Crippen LogP contribution in [0.25, 0.3) is 0 Å². The van der Waals surface area contributed by atoms with Crippen LogP contribution < -0.4 is 15.5 Å². The number of nitrogens with one attached hydrogen (secondary N) is 2. The first-order valence-corrected chi connectivity index (χ1v) is 11.6. The summed E-state index contributed by atoms with van der Waals surface area (Å²) in [6, 6.07) is 16.0. The van der Waals surface area contributed by atoms with Crippen LogP contribution in [-0.4, -0.2) is 23.8 Å². The maximum absolute atomic E-state index is 13.7. The number of carbonyl (C=O) groups is 3. The first kappa shape index (κ1) is 23.6. The number of halogens is 1. The Morgan fingerprint density at radius 2 is 1.68 bits per heavy atom. The van der Waals surface area contributed by atoms with E-state index in [1.165, 1.54) is 18.1 Å². The smallest absolute Gasteiger partial charge is 0.294 e. The minimum Gasteiger partial charge on any atom is -0.459 e. The highest BCUT2D eigenvalue weighted by molar-refractivity contribution is 6.30. The Morgan fingerprint density at radius 1 is 1.00 bits per heavy atom. The molecule has 1 aliphatic carbocycles. The third kappa shape index (κ3) is 5.48. The Balaban J connectivity index is 1.77. The van der Waals surface area contributed by atoms with Crippen molar-refractivity contribution in [1.82, 2.24) is 5.32 Å². The van der Waals surface area contributed by atoms with Gasteiger partial charge in [-0.05, 0) is 66.9 Å². The Kier molecular flexibility index (Phi) is 7.33. The molecule has 1 aliphatic rings. The minimum absolute atomic E-state index is 0.0741. The van der Waals surface area contributed by atoms with Crippen LogP contribution in [0.15, 0.2) is 71.3 Å². The van der Waals surface area contributed by atoms with Crippen molar-refractivity contribution in [1.29, 1.82) is 0 Å². The average Bonchev–Trinajstić information content (AvgIpc) is 3.53. The highest BCUT2D eigenvalue weighted by Gasteiger charge is 2.35. The highest BCUT2D eigenvalue weighted by atomic mass is 35.5. The van der Waals surface area contributed by atoms with Gasteiger partial charge in [0.05, 0.1) is 6.26 Å². The van der Waals surface area contributed by atoms with Crippen molar-refractivity contribution in [2.75, 3.05) is 10.2 Å². The first-order chi connectivity index (χ1) is 16.4. The topological polar surface area (TPSA) is 91.7 Å². The summed E-state index contributed by atoms with van der Waals surface area (Å²) in [7, 11) is 0. The van der Waals surface area contributed by atoms with Gasteiger partial charge in [-0.2, -0.15) is 0 Å². The molecule has 0 aliphatic heterocycles. The van der Waals surface area contributed by atoms with Gasteiger partial charge in [0.15, 0.2) is 5.76 Å². The maximum Gasteiger partial charge on any atom is 0.294 e. The zero-order chi connectivity index (χ0) is 24.1. The molecule has 176 valence electrons. The van der Waals surface area contributed by atoms with Crippen LogP contribution in [0.4, 0.5) is 11.4 Å². The van der Waals surface area contributed by atoms with E-state index in [0.717, 1.165) is 25.7 Å². The fraction of sp³-hybridized carbons (Fsp3) is 0.269. The molecule has 7 nitrogen and oxygen atoms in total. The second kappa shape index (κ2) is 10.6. The van der Waals surface area contributed by atoms with Gasteiger partial charge in [0.25, 0.3) is 5.91 Å². The van der Waals surface area contributed by atoms with Crippen LogP contribution in [0.5, 0.6) is 0 Å². The van der Waals surface area contributed by atoms with E-state index >= 15 is 0 Å². The lowest BCUT2D eigenvalue weighted by molar-refractivity contribution is -0.123. The van der Waals surface area contributed by atoms with Crippen molar-refractivity contribution < 1.29 is 18.8 Å². The van der Waals surface area contributed by atoms with Gasteiger partial charge in [0.1, 0.15) is 6.04 Å². The number of carbonyl (C=O) groups excluding carboxylic acids is 3. The van der Waals surface area contributed by atoms with E-state index in [-0.39, 0.29) is 23.6 Å². The van der Waals surface area contributed by atoms with Crippen molar-refractivity contribution in [3.63, 3.8) is 0 Å². The Hall–Kier alpha value is -3.58. The second-order valence-corrected chi connectivity index (χ2v) is 8.76. The SMILES string of the molecule is CC(=O)Nc1ccc(N(C(=O)c2ccco2)[C@@H](C(=O)NC2CCCC2)c2ccc(Cl)cc2)cc1. The van der Waals surface area contributed by atoms with E-state index in [1.54, 1.807) is 60.7 Å². The van der Waals surface area contributed by atoms with Gasteiger partial charge in [0.2, 0.25) is 11.8 Å². The number of hydrogen-bond donors (Lipinski definition) is 2. The summed E-state index contributed by atoms with van der Waals surface area (Å²) in [6.07, 6.45) is 5.38. The van der Waals surface area contributed by atoms with Crippen LogP contribution in [0.3, 0.4) is 0 Å². The fourth-order valence-corrected chi connectivity index (χ4v) is 4.35. The lowest BCUT2D eigenvalue weighted by Crippen LogP contribution is -2.46. The summed E-state index contributed by atoms with van der Waals surface area (Å²) in [5.74, 6) is -0.830. The average molecular weight is 480 g/mol. The van der Waals surface area contributed by atoms with Crippen LogP contribution in [0.1, 0.15) is 54.8 Å². The maximum atomic E-state index is 13.7. The molecular formula is C26H26ClN3O4. The molecule has 4 rings (SSSR count). The van der Waals surface area contributed by atoms with E-state index in [1.807, 2.05) is 0 Å². The Bertz CT molecular complexity index is 1140. The predicted octanol–water partition coefficient (Wildman–Crippen LogP) is 5.34. The van der Waals surface area contributed by atoms with Crippen LogP contribution >= 0.6 is 11.6 Å². The van der Waals surface area contributed by atoms with Gasteiger partial charge >= 0.3 is 0 Å². The molecule has 0 radical (unpaired) electrons. The van der Waals surface area contributed by atoms with Gasteiger partial charge < -0.3 is 15.1 Å². The summed E-state index contributed by atoms with van der Waals surface area (Å²) in [6.45, 7) is 1.42. The molecular weight excluding hydrogens is 454 g/mol. The van der Waals surface area contributed by atoms with Crippen LogP contribution in [0, 0.1) is 0 Å². The molecule has 3 aromatic rings. The molecule has 2 aromatic carbocycles. The number of hydrogen-bond acceptors (Lipinski definition) is 4. The summed E-state index contributed by atoms with van der Waals surface area (Å²) < 4.78 is 5.39. The zero-order valence-corrected chi connectivity index (χ0v) is 19.5. The van der Waals surface area contributed by atoms with Gasteiger partial charge in [-0.1, -0.05) is 36.6 Å². The molecule has 1 saturated carbocycles. The number of amides is 3. The number of anilines is 2. The van der Waals surface area contributed by atoms with Gasteiger partial charge in [-0.25, -0.2) is 0 Å².